The molecule has 6 nitrogen and oxygen atoms in total. The van der Waals surface area contributed by atoms with Crippen molar-refractivity contribution in [3.63, 3.8) is 0 Å². The maximum Gasteiger partial charge on any atom is 0.325 e. The normalized spacial score (nSPS) is 16.2. The summed E-state index contributed by atoms with van der Waals surface area (Å²) in [7, 11) is 0. The van der Waals surface area contributed by atoms with E-state index in [0.717, 1.165) is 17.7 Å². The molecule has 2 aromatic carbocycles. The van der Waals surface area contributed by atoms with E-state index in [1.54, 1.807) is 13.0 Å². The number of halogens is 2. The first-order valence-electron chi connectivity index (χ1n) is 8.71. The van der Waals surface area contributed by atoms with Gasteiger partial charge < -0.3 is 9.73 Å². The molecule has 2 aromatic heterocycles. The number of para-hydroxylation sites is 2. The molecule has 4 aromatic rings. The lowest BCUT2D eigenvalue weighted by atomic mass is 9.86. The number of benzene rings is 2. The number of carbonyl (C=O) groups is 1. The van der Waals surface area contributed by atoms with Crippen LogP contribution < -0.4 is 5.32 Å². The molecule has 0 unspecified atom stereocenters. The maximum atomic E-state index is 13.8. The standard InChI is InChI=1S/C20H14F2N4O2/c1-10-18-12(11-6-7-13(21)14(22)8-11)9-17(27)24-19(18)26(25-10)20-23-15-4-2-3-5-16(15)28-20/h2-8,12H,9H2,1H3,(H,24,27)/t12-/m0/s1. The molecule has 0 bridgehead atoms. The number of aryl methyl sites for hydroxylation is 1. The Hall–Kier alpha value is -3.55. The van der Waals surface area contributed by atoms with Gasteiger partial charge in [0.2, 0.25) is 5.91 Å². The molecule has 1 aliphatic rings. The van der Waals surface area contributed by atoms with Crippen molar-refractivity contribution in [3.8, 4) is 6.01 Å². The number of oxazole rings is 1. The van der Waals surface area contributed by atoms with Crippen molar-refractivity contribution >= 4 is 22.8 Å². The summed E-state index contributed by atoms with van der Waals surface area (Å²) in [5.41, 5.74) is 3.15. The summed E-state index contributed by atoms with van der Waals surface area (Å²) in [6.45, 7) is 1.79. The Morgan fingerprint density at radius 3 is 2.79 bits per heavy atom. The number of nitrogens with zero attached hydrogens (tertiary/aromatic N) is 3. The maximum absolute atomic E-state index is 13.8. The Balaban J connectivity index is 1.68. The number of aromatic nitrogens is 3. The van der Waals surface area contributed by atoms with Crippen molar-refractivity contribution in [2.75, 3.05) is 5.32 Å². The average molecular weight is 380 g/mol. The van der Waals surface area contributed by atoms with Crippen LogP contribution in [-0.4, -0.2) is 20.7 Å². The zero-order valence-corrected chi connectivity index (χ0v) is 14.7. The molecule has 0 spiro atoms. The third-order valence-corrected chi connectivity index (χ3v) is 4.91. The lowest BCUT2D eigenvalue weighted by Crippen LogP contribution is -2.25. The summed E-state index contributed by atoms with van der Waals surface area (Å²) < 4.78 is 34.3. The largest absolute Gasteiger partial charge is 0.422 e. The van der Waals surface area contributed by atoms with Crippen LogP contribution in [0.4, 0.5) is 14.6 Å². The van der Waals surface area contributed by atoms with Gasteiger partial charge in [-0.25, -0.2) is 8.78 Å². The Morgan fingerprint density at radius 2 is 2.00 bits per heavy atom. The van der Waals surface area contributed by atoms with Gasteiger partial charge in [-0.3, -0.25) is 4.79 Å². The van der Waals surface area contributed by atoms with Gasteiger partial charge in [-0.05, 0) is 36.8 Å². The van der Waals surface area contributed by atoms with E-state index in [-0.39, 0.29) is 18.3 Å². The van der Waals surface area contributed by atoms with Crippen LogP contribution in [0.15, 0.2) is 46.9 Å². The molecule has 0 fully saturated rings. The number of anilines is 1. The fourth-order valence-electron chi connectivity index (χ4n) is 3.65. The molecular weight excluding hydrogens is 366 g/mol. The molecule has 0 saturated carbocycles. The number of hydrogen-bond acceptors (Lipinski definition) is 4. The second-order valence-corrected chi connectivity index (χ2v) is 6.70. The number of nitrogens with one attached hydrogen (secondary N) is 1. The molecule has 0 radical (unpaired) electrons. The lowest BCUT2D eigenvalue weighted by Gasteiger charge is -2.24. The van der Waals surface area contributed by atoms with Crippen molar-refractivity contribution < 1.29 is 18.0 Å². The monoisotopic (exact) mass is 380 g/mol. The van der Waals surface area contributed by atoms with Crippen molar-refractivity contribution in [2.45, 2.75) is 19.3 Å². The van der Waals surface area contributed by atoms with Crippen LogP contribution in [-0.2, 0) is 4.79 Å². The van der Waals surface area contributed by atoms with Gasteiger partial charge in [-0.2, -0.15) is 14.8 Å². The Kier molecular flexibility index (Phi) is 3.55. The molecule has 1 amide bonds. The van der Waals surface area contributed by atoms with Crippen LogP contribution in [0.25, 0.3) is 17.1 Å². The molecule has 140 valence electrons. The highest BCUT2D eigenvalue weighted by atomic mass is 19.2. The third kappa shape index (κ3) is 2.49. The van der Waals surface area contributed by atoms with Gasteiger partial charge in [-0.15, -0.1) is 0 Å². The van der Waals surface area contributed by atoms with Crippen molar-refractivity contribution in [1.29, 1.82) is 0 Å². The summed E-state index contributed by atoms with van der Waals surface area (Å²) >= 11 is 0. The first-order valence-corrected chi connectivity index (χ1v) is 8.71. The predicted molar refractivity (Wildman–Crippen MR) is 97.3 cm³/mol. The van der Waals surface area contributed by atoms with Gasteiger partial charge in [0.15, 0.2) is 17.2 Å². The quantitative estimate of drug-likeness (QED) is 0.569. The highest BCUT2D eigenvalue weighted by Gasteiger charge is 2.34. The van der Waals surface area contributed by atoms with E-state index in [1.807, 2.05) is 18.2 Å². The van der Waals surface area contributed by atoms with E-state index in [0.29, 0.717) is 28.2 Å². The lowest BCUT2D eigenvalue weighted by molar-refractivity contribution is -0.116. The summed E-state index contributed by atoms with van der Waals surface area (Å²) in [6, 6.07) is 11.2. The summed E-state index contributed by atoms with van der Waals surface area (Å²) in [5, 5.41) is 7.30. The van der Waals surface area contributed by atoms with E-state index in [1.165, 1.54) is 10.7 Å². The number of hydrogen-bond donors (Lipinski definition) is 1. The molecule has 1 aliphatic heterocycles. The van der Waals surface area contributed by atoms with Crippen LogP contribution in [0.5, 0.6) is 0 Å². The average Bonchev–Trinajstić information content (AvgIpc) is 3.24. The summed E-state index contributed by atoms with van der Waals surface area (Å²) in [5.74, 6) is -2.15. The predicted octanol–water partition coefficient (Wildman–Crippen LogP) is 4.07. The molecule has 0 saturated heterocycles. The SMILES string of the molecule is Cc1nn(-c2nc3ccccc3o2)c2c1[C@H](c1ccc(F)c(F)c1)CC(=O)N2. The van der Waals surface area contributed by atoms with Gasteiger partial charge in [0, 0.05) is 17.9 Å². The molecule has 28 heavy (non-hydrogen) atoms. The van der Waals surface area contributed by atoms with Crippen LogP contribution in [0.1, 0.15) is 29.2 Å². The Labute approximate surface area is 157 Å². The minimum atomic E-state index is -0.950. The van der Waals surface area contributed by atoms with E-state index < -0.39 is 17.6 Å². The van der Waals surface area contributed by atoms with E-state index in [2.05, 4.69) is 15.4 Å². The molecule has 5 rings (SSSR count). The van der Waals surface area contributed by atoms with Gasteiger partial charge >= 0.3 is 6.01 Å². The molecule has 1 atom stereocenters. The topological polar surface area (TPSA) is 73.0 Å². The zero-order chi connectivity index (χ0) is 19.4. The number of carbonyl (C=O) groups excluding carboxylic acids is 1. The van der Waals surface area contributed by atoms with Crippen LogP contribution >= 0.6 is 0 Å². The minimum Gasteiger partial charge on any atom is -0.422 e. The molecule has 3 heterocycles. The van der Waals surface area contributed by atoms with Crippen LogP contribution in [0.2, 0.25) is 0 Å². The van der Waals surface area contributed by atoms with Gasteiger partial charge in [0.1, 0.15) is 11.3 Å². The number of fused-ring (bicyclic) bond motifs is 2. The zero-order valence-electron chi connectivity index (χ0n) is 14.7. The van der Waals surface area contributed by atoms with Crippen molar-refractivity contribution in [1.82, 2.24) is 14.8 Å². The van der Waals surface area contributed by atoms with Crippen LogP contribution in [0.3, 0.4) is 0 Å². The van der Waals surface area contributed by atoms with E-state index >= 15 is 0 Å². The van der Waals surface area contributed by atoms with Gasteiger partial charge in [-0.1, -0.05) is 18.2 Å². The second kappa shape index (κ2) is 5.98. The first kappa shape index (κ1) is 16.6. The number of amides is 1. The summed E-state index contributed by atoms with van der Waals surface area (Å²) in [6.07, 6.45) is 0.109. The highest BCUT2D eigenvalue weighted by molar-refractivity contribution is 5.95. The Morgan fingerprint density at radius 1 is 1.18 bits per heavy atom. The number of rotatable bonds is 2. The highest BCUT2D eigenvalue weighted by Crippen LogP contribution is 2.40. The van der Waals surface area contributed by atoms with Crippen LogP contribution in [0, 0.1) is 18.6 Å². The fraction of sp³-hybridized carbons (Fsp3) is 0.150. The molecule has 0 aliphatic carbocycles. The minimum absolute atomic E-state index is 0.109. The second-order valence-electron chi connectivity index (χ2n) is 6.70. The molecule has 1 N–H and O–H groups in total. The molecular formula is C20H14F2N4O2. The smallest absolute Gasteiger partial charge is 0.325 e. The third-order valence-electron chi connectivity index (χ3n) is 4.91. The van der Waals surface area contributed by atoms with Crippen molar-refractivity contribution in [2.24, 2.45) is 0 Å². The first-order chi connectivity index (χ1) is 13.5. The van der Waals surface area contributed by atoms with Gasteiger partial charge in [0.05, 0.1) is 5.69 Å². The van der Waals surface area contributed by atoms with Crippen molar-refractivity contribution in [3.05, 3.63) is 70.9 Å². The summed E-state index contributed by atoms with van der Waals surface area (Å²) in [4.78, 5) is 16.8. The van der Waals surface area contributed by atoms with Gasteiger partial charge in [0.25, 0.3) is 0 Å². The Bertz CT molecular complexity index is 1210. The van der Waals surface area contributed by atoms with E-state index in [9.17, 15) is 13.6 Å². The van der Waals surface area contributed by atoms with E-state index in [4.69, 9.17) is 4.42 Å². The fourth-order valence-corrected chi connectivity index (χ4v) is 3.65. The molecule has 8 heteroatoms.